The maximum atomic E-state index is 12.2. The lowest BCUT2D eigenvalue weighted by atomic mass is 10.0. The summed E-state index contributed by atoms with van der Waals surface area (Å²) in [5, 5.41) is 3.70. The van der Waals surface area contributed by atoms with Gasteiger partial charge < -0.3 is 5.32 Å². The number of aryl methyl sites for hydroxylation is 1. The second-order valence-electron chi connectivity index (χ2n) is 6.01. The van der Waals surface area contributed by atoms with Gasteiger partial charge in [0.05, 0.1) is 0 Å². The number of rotatable bonds is 7. The average molecular weight is 404 g/mol. The summed E-state index contributed by atoms with van der Waals surface area (Å²) in [5.41, 5.74) is 7.60. The highest BCUT2D eigenvalue weighted by molar-refractivity contribution is 7.80. The Morgan fingerprint density at radius 2 is 1.78 bits per heavy atom. The quantitative estimate of drug-likeness (QED) is 0.366. The number of carbonyl (C=O) groups is 2. The maximum absolute atomic E-state index is 12.2. The van der Waals surface area contributed by atoms with Crippen LogP contribution in [0.25, 0.3) is 0 Å². The van der Waals surface area contributed by atoms with Crippen LogP contribution in [0.1, 0.15) is 42.1 Å². The normalized spacial score (nSPS) is 10.1. The van der Waals surface area contributed by atoms with Crippen molar-refractivity contribution in [2.45, 2.75) is 32.6 Å². The standard InChI is InChI=1S/C20H22ClN3O2S/c1-2-4-14-7-9-15(10-8-14)18(25)11-12-19(26)23-24-20(27)22-17-6-3-5-16(21)13-17/h3,5-10,13H,2,4,11-12H2,1H3,(H,23,26)(H2,22,24,27). The van der Waals surface area contributed by atoms with Crippen molar-refractivity contribution in [2.24, 2.45) is 0 Å². The molecule has 0 saturated heterocycles. The van der Waals surface area contributed by atoms with Crippen molar-refractivity contribution >= 4 is 46.3 Å². The second kappa shape index (κ2) is 10.6. The van der Waals surface area contributed by atoms with Crippen LogP contribution < -0.4 is 16.2 Å². The number of thiocarbonyl (C=S) groups is 1. The van der Waals surface area contributed by atoms with Crippen LogP contribution in [0.4, 0.5) is 5.69 Å². The number of hydrazine groups is 1. The molecule has 0 heterocycles. The molecule has 1 amide bonds. The highest BCUT2D eigenvalue weighted by Gasteiger charge is 2.10. The smallest absolute Gasteiger partial charge is 0.238 e. The van der Waals surface area contributed by atoms with Gasteiger partial charge in [-0.1, -0.05) is 55.3 Å². The molecule has 5 nitrogen and oxygen atoms in total. The summed E-state index contributed by atoms with van der Waals surface area (Å²) >= 11 is 11.0. The van der Waals surface area contributed by atoms with Crippen LogP contribution in [0.5, 0.6) is 0 Å². The molecule has 2 aromatic carbocycles. The fraction of sp³-hybridized carbons (Fsp3) is 0.250. The van der Waals surface area contributed by atoms with Crippen molar-refractivity contribution in [3.63, 3.8) is 0 Å². The van der Waals surface area contributed by atoms with E-state index in [4.69, 9.17) is 23.8 Å². The van der Waals surface area contributed by atoms with Gasteiger partial charge in [-0.05, 0) is 42.4 Å². The number of hydrogen-bond acceptors (Lipinski definition) is 3. The predicted molar refractivity (Wildman–Crippen MR) is 113 cm³/mol. The predicted octanol–water partition coefficient (Wildman–Crippen LogP) is 4.27. The Hall–Kier alpha value is -2.44. The fourth-order valence-corrected chi connectivity index (χ4v) is 2.79. The minimum atomic E-state index is -0.318. The van der Waals surface area contributed by atoms with Crippen LogP contribution in [-0.2, 0) is 11.2 Å². The van der Waals surface area contributed by atoms with Crippen molar-refractivity contribution < 1.29 is 9.59 Å². The van der Waals surface area contributed by atoms with Crippen LogP contribution in [-0.4, -0.2) is 16.8 Å². The van der Waals surface area contributed by atoms with E-state index in [0.717, 1.165) is 12.8 Å². The van der Waals surface area contributed by atoms with E-state index in [1.54, 1.807) is 24.3 Å². The number of carbonyl (C=O) groups excluding carboxylic acids is 2. The number of anilines is 1. The number of nitrogens with one attached hydrogen (secondary N) is 3. The van der Waals surface area contributed by atoms with Crippen molar-refractivity contribution in [1.82, 2.24) is 10.9 Å². The van der Waals surface area contributed by atoms with Crippen molar-refractivity contribution in [3.8, 4) is 0 Å². The van der Waals surface area contributed by atoms with Crippen molar-refractivity contribution in [2.75, 3.05) is 5.32 Å². The molecule has 0 saturated carbocycles. The second-order valence-corrected chi connectivity index (χ2v) is 6.85. The minimum Gasteiger partial charge on any atom is -0.331 e. The highest BCUT2D eigenvalue weighted by atomic mass is 35.5. The zero-order chi connectivity index (χ0) is 19.6. The minimum absolute atomic E-state index is 0.0622. The van der Waals surface area contributed by atoms with Crippen LogP contribution in [0, 0.1) is 0 Å². The largest absolute Gasteiger partial charge is 0.331 e. The zero-order valence-corrected chi connectivity index (χ0v) is 16.6. The molecule has 142 valence electrons. The average Bonchev–Trinajstić information content (AvgIpc) is 2.65. The number of halogens is 1. The summed E-state index contributed by atoms with van der Waals surface area (Å²) in [6, 6.07) is 14.6. The molecule has 0 bridgehead atoms. The SMILES string of the molecule is CCCc1ccc(C(=O)CCC(=O)NNC(=S)Nc2cccc(Cl)c2)cc1. The Labute approximate surface area is 169 Å². The topological polar surface area (TPSA) is 70.2 Å². The first-order valence-electron chi connectivity index (χ1n) is 8.71. The summed E-state index contributed by atoms with van der Waals surface area (Å²) in [7, 11) is 0. The van der Waals surface area contributed by atoms with Gasteiger partial charge in [-0.15, -0.1) is 0 Å². The molecule has 0 fully saturated rings. The molecule has 0 unspecified atom stereocenters. The monoisotopic (exact) mass is 403 g/mol. The molecule has 0 aliphatic heterocycles. The van der Waals surface area contributed by atoms with E-state index in [-0.39, 0.29) is 29.6 Å². The van der Waals surface area contributed by atoms with E-state index in [2.05, 4.69) is 23.1 Å². The Morgan fingerprint density at radius 3 is 2.44 bits per heavy atom. The van der Waals surface area contributed by atoms with Gasteiger partial charge in [0.15, 0.2) is 10.9 Å². The molecule has 2 aromatic rings. The highest BCUT2D eigenvalue weighted by Crippen LogP contribution is 2.14. The third-order valence-corrected chi connectivity index (χ3v) is 4.23. The summed E-state index contributed by atoms with van der Waals surface area (Å²) in [5.74, 6) is -0.381. The third kappa shape index (κ3) is 7.37. The lowest BCUT2D eigenvalue weighted by molar-refractivity contribution is -0.121. The van der Waals surface area contributed by atoms with E-state index in [9.17, 15) is 9.59 Å². The number of benzene rings is 2. The van der Waals surface area contributed by atoms with Gasteiger partial charge in [-0.2, -0.15) is 0 Å². The van der Waals surface area contributed by atoms with Crippen molar-refractivity contribution in [3.05, 3.63) is 64.7 Å². The van der Waals surface area contributed by atoms with E-state index in [0.29, 0.717) is 16.3 Å². The number of amides is 1. The number of ketones is 1. The summed E-state index contributed by atoms with van der Waals surface area (Å²) in [6.07, 6.45) is 2.26. The van der Waals surface area contributed by atoms with Crippen LogP contribution >= 0.6 is 23.8 Å². The third-order valence-electron chi connectivity index (χ3n) is 3.79. The van der Waals surface area contributed by atoms with E-state index in [1.165, 1.54) is 5.56 Å². The Kier molecular flexibility index (Phi) is 8.23. The first-order chi connectivity index (χ1) is 13.0. The van der Waals surface area contributed by atoms with Crippen LogP contribution in [0.3, 0.4) is 0 Å². The van der Waals surface area contributed by atoms with Gasteiger partial charge in [0.1, 0.15) is 0 Å². The summed E-state index contributed by atoms with van der Waals surface area (Å²) in [4.78, 5) is 24.1. The van der Waals surface area contributed by atoms with Gasteiger partial charge in [0.25, 0.3) is 0 Å². The van der Waals surface area contributed by atoms with E-state index in [1.807, 2.05) is 24.3 Å². The Bertz CT molecular complexity index is 809. The molecule has 3 N–H and O–H groups in total. The molecule has 0 aliphatic rings. The maximum Gasteiger partial charge on any atom is 0.238 e. The molecule has 0 atom stereocenters. The molecule has 0 aromatic heterocycles. The molecule has 27 heavy (non-hydrogen) atoms. The molecule has 7 heteroatoms. The van der Waals surface area contributed by atoms with Gasteiger partial charge in [0, 0.05) is 29.1 Å². The fourth-order valence-electron chi connectivity index (χ4n) is 2.43. The number of hydrogen-bond donors (Lipinski definition) is 3. The molecule has 2 rings (SSSR count). The lowest BCUT2D eigenvalue weighted by Gasteiger charge is -2.11. The van der Waals surface area contributed by atoms with Gasteiger partial charge in [0.2, 0.25) is 5.91 Å². The molecular weight excluding hydrogens is 382 g/mol. The first kappa shape index (κ1) is 20.9. The summed E-state index contributed by atoms with van der Waals surface area (Å²) < 4.78 is 0. The molecule has 0 spiro atoms. The summed E-state index contributed by atoms with van der Waals surface area (Å²) in [6.45, 7) is 2.11. The van der Waals surface area contributed by atoms with Crippen LogP contribution in [0.2, 0.25) is 5.02 Å². The molecule has 0 radical (unpaired) electrons. The first-order valence-corrected chi connectivity index (χ1v) is 9.50. The van der Waals surface area contributed by atoms with Crippen LogP contribution in [0.15, 0.2) is 48.5 Å². The number of Topliss-reactive ketones (excluding diaryl/α,β-unsaturated/α-hetero) is 1. The Morgan fingerprint density at radius 1 is 1.04 bits per heavy atom. The zero-order valence-electron chi connectivity index (χ0n) is 15.0. The van der Waals surface area contributed by atoms with Crippen molar-refractivity contribution in [1.29, 1.82) is 0 Å². The lowest BCUT2D eigenvalue weighted by Crippen LogP contribution is -2.43. The van der Waals surface area contributed by atoms with E-state index >= 15 is 0 Å². The van der Waals surface area contributed by atoms with Gasteiger partial charge >= 0.3 is 0 Å². The van der Waals surface area contributed by atoms with Gasteiger partial charge in [-0.3, -0.25) is 20.4 Å². The van der Waals surface area contributed by atoms with Gasteiger partial charge in [-0.25, -0.2) is 0 Å². The molecule has 0 aliphatic carbocycles. The molecular formula is C20H22ClN3O2S. The van der Waals surface area contributed by atoms with E-state index < -0.39 is 0 Å². The Balaban J connectivity index is 1.72.